The van der Waals surface area contributed by atoms with Gasteiger partial charge in [-0.25, -0.2) is 4.98 Å². The van der Waals surface area contributed by atoms with E-state index in [1.807, 2.05) is 36.5 Å². The number of methoxy groups -OCH3 is 1. The first-order valence-electron chi connectivity index (χ1n) is 6.96. The third-order valence-electron chi connectivity index (χ3n) is 3.41. The van der Waals surface area contributed by atoms with Gasteiger partial charge in [-0.3, -0.25) is 0 Å². The van der Waals surface area contributed by atoms with Crippen molar-refractivity contribution in [2.45, 2.75) is 31.9 Å². The van der Waals surface area contributed by atoms with Crippen LogP contribution < -0.4 is 0 Å². The van der Waals surface area contributed by atoms with E-state index in [1.165, 1.54) is 0 Å². The van der Waals surface area contributed by atoms with E-state index in [9.17, 15) is 5.11 Å². The number of aryl methyl sites for hydroxylation is 1. The molecule has 4 nitrogen and oxygen atoms in total. The van der Waals surface area contributed by atoms with Crippen molar-refractivity contribution in [1.29, 1.82) is 0 Å². The second kappa shape index (κ2) is 6.68. The summed E-state index contributed by atoms with van der Waals surface area (Å²) in [5, 5.41) is 11.0. The maximum Gasteiger partial charge on any atom is 0.120 e. The third-order valence-corrected chi connectivity index (χ3v) is 3.41. The van der Waals surface area contributed by atoms with Crippen molar-refractivity contribution in [2.24, 2.45) is 0 Å². The predicted octanol–water partition coefficient (Wildman–Crippen LogP) is 2.37. The molecule has 0 aliphatic rings. The number of ether oxygens (including phenoxy) is 1. The normalized spacial score (nSPS) is 14.2. The van der Waals surface area contributed by atoms with Crippen molar-refractivity contribution in [3.8, 4) is 0 Å². The number of benzene rings is 1. The lowest BCUT2D eigenvalue weighted by atomic mass is 9.91. The topological polar surface area (TPSA) is 47.3 Å². The molecule has 1 N–H and O–H groups in total. The Morgan fingerprint density at radius 1 is 1.30 bits per heavy atom. The summed E-state index contributed by atoms with van der Waals surface area (Å²) in [7, 11) is 1.60. The smallest absolute Gasteiger partial charge is 0.120 e. The van der Waals surface area contributed by atoms with Crippen LogP contribution in [0.1, 0.15) is 24.7 Å². The first-order valence-corrected chi connectivity index (χ1v) is 6.96. The van der Waals surface area contributed by atoms with E-state index in [0.29, 0.717) is 6.42 Å². The standard InChI is InChI=1S/C16H22N2O2/c1-3-10-18-11-9-17-15(18)12-16(19,13-20-2)14-7-5-4-6-8-14/h4-9,11,19H,3,10,12-13H2,1-2H3. The van der Waals surface area contributed by atoms with Crippen molar-refractivity contribution in [3.63, 3.8) is 0 Å². The highest BCUT2D eigenvalue weighted by Crippen LogP contribution is 2.25. The number of imidazole rings is 1. The van der Waals surface area contributed by atoms with Gasteiger partial charge in [0.05, 0.1) is 6.61 Å². The van der Waals surface area contributed by atoms with E-state index >= 15 is 0 Å². The molecule has 1 aromatic carbocycles. The molecule has 108 valence electrons. The molecule has 0 spiro atoms. The van der Waals surface area contributed by atoms with Gasteiger partial charge in [-0.1, -0.05) is 37.3 Å². The molecule has 20 heavy (non-hydrogen) atoms. The molecule has 0 amide bonds. The number of aromatic nitrogens is 2. The van der Waals surface area contributed by atoms with Gasteiger partial charge in [-0.15, -0.1) is 0 Å². The van der Waals surface area contributed by atoms with Gasteiger partial charge in [0.15, 0.2) is 0 Å². The van der Waals surface area contributed by atoms with Gasteiger partial charge in [-0.2, -0.15) is 0 Å². The van der Waals surface area contributed by atoms with E-state index in [-0.39, 0.29) is 6.61 Å². The monoisotopic (exact) mass is 274 g/mol. The molecule has 1 aromatic heterocycles. The van der Waals surface area contributed by atoms with Crippen molar-refractivity contribution < 1.29 is 9.84 Å². The number of hydrogen-bond acceptors (Lipinski definition) is 3. The summed E-state index contributed by atoms with van der Waals surface area (Å²) < 4.78 is 7.31. The fourth-order valence-corrected chi connectivity index (χ4v) is 2.44. The summed E-state index contributed by atoms with van der Waals surface area (Å²) in [6.07, 6.45) is 5.22. The van der Waals surface area contributed by atoms with Gasteiger partial charge < -0.3 is 14.4 Å². The Morgan fingerprint density at radius 3 is 2.70 bits per heavy atom. The lowest BCUT2D eigenvalue weighted by molar-refractivity contribution is -0.0373. The van der Waals surface area contributed by atoms with Gasteiger partial charge >= 0.3 is 0 Å². The highest BCUT2D eigenvalue weighted by molar-refractivity contribution is 5.24. The molecule has 0 aliphatic heterocycles. The molecule has 1 atom stereocenters. The molecule has 4 heteroatoms. The Morgan fingerprint density at radius 2 is 2.05 bits per heavy atom. The molecule has 0 fully saturated rings. The van der Waals surface area contributed by atoms with Crippen LogP contribution in [-0.2, 0) is 23.3 Å². The molecular formula is C16H22N2O2. The Kier molecular flexibility index (Phi) is 4.93. The lowest BCUT2D eigenvalue weighted by Crippen LogP contribution is -2.35. The Labute approximate surface area is 120 Å². The van der Waals surface area contributed by atoms with Crippen LogP contribution in [0, 0.1) is 0 Å². The molecule has 0 saturated heterocycles. The first kappa shape index (κ1) is 14.8. The molecule has 1 unspecified atom stereocenters. The Balaban J connectivity index is 2.27. The van der Waals surface area contributed by atoms with Crippen molar-refractivity contribution >= 4 is 0 Å². The van der Waals surface area contributed by atoms with Crippen LogP contribution in [0.2, 0.25) is 0 Å². The Bertz CT molecular complexity index is 524. The molecule has 2 rings (SSSR count). The predicted molar refractivity (Wildman–Crippen MR) is 78.4 cm³/mol. The molecule has 1 heterocycles. The Hall–Kier alpha value is -1.65. The fourth-order valence-electron chi connectivity index (χ4n) is 2.44. The molecule has 0 radical (unpaired) electrons. The first-order chi connectivity index (χ1) is 9.69. The second-order valence-corrected chi connectivity index (χ2v) is 5.04. The minimum absolute atomic E-state index is 0.246. The molecular weight excluding hydrogens is 252 g/mol. The number of rotatable bonds is 7. The summed E-state index contributed by atoms with van der Waals surface area (Å²) in [6.45, 7) is 3.28. The maximum atomic E-state index is 11.0. The highest BCUT2D eigenvalue weighted by Gasteiger charge is 2.31. The van der Waals surface area contributed by atoms with E-state index < -0.39 is 5.60 Å². The van der Waals surface area contributed by atoms with Gasteiger partial charge in [0.1, 0.15) is 11.4 Å². The maximum absolute atomic E-state index is 11.0. The molecule has 2 aromatic rings. The molecule has 0 aliphatic carbocycles. The van der Waals surface area contributed by atoms with Gasteiger partial charge in [0, 0.05) is 32.5 Å². The third kappa shape index (κ3) is 3.26. The van der Waals surface area contributed by atoms with E-state index in [1.54, 1.807) is 13.3 Å². The van der Waals surface area contributed by atoms with Crippen molar-refractivity contribution in [1.82, 2.24) is 9.55 Å². The average molecular weight is 274 g/mol. The quantitative estimate of drug-likeness (QED) is 0.843. The number of aliphatic hydroxyl groups is 1. The summed E-state index contributed by atoms with van der Waals surface area (Å²) in [4.78, 5) is 4.37. The highest BCUT2D eigenvalue weighted by atomic mass is 16.5. The number of hydrogen-bond donors (Lipinski definition) is 1. The summed E-state index contributed by atoms with van der Waals surface area (Å²) in [6, 6.07) is 9.63. The van der Waals surface area contributed by atoms with Crippen LogP contribution in [0.5, 0.6) is 0 Å². The number of nitrogens with zero attached hydrogens (tertiary/aromatic N) is 2. The van der Waals surface area contributed by atoms with Crippen molar-refractivity contribution in [2.75, 3.05) is 13.7 Å². The van der Waals surface area contributed by atoms with Crippen LogP contribution >= 0.6 is 0 Å². The van der Waals surface area contributed by atoms with E-state index in [0.717, 1.165) is 24.4 Å². The van der Waals surface area contributed by atoms with Crippen LogP contribution in [0.15, 0.2) is 42.7 Å². The van der Waals surface area contributed by atoms with Crippen molar-refractivity contribution in [3.05, 3.63) is 54.1 Å². The zero-order valence-electron chi connectivity index (χ0n) is 12.1. The minimum Gasteiger partial charge on any atom is -0.382 e. The molecule has 0 saturated carbocycles. The zero-order chi connectivity index (χ0) is 14.4. The lowest BCUT2D eigenvalue weighted by Gasteiger charge is -2.28. The van der Waals surface area contributed by atoms with Crippen LogP contribution in [0.4, 0.5) is 0 Å². The van der Waals surface area contributed by atoms with Crippen LogP contribution in [0.3, 0.4) is 0 Å². The zero-order valence-corrected chi connectivity index (χ0v) is 12.1. The summed E-state index contributed by atoms with van der Waals surface area (Å²) >= 11 is 0. The van der Waals surface area contributed by atoms with Crippen LogP contribution in [0.25, 0.3) is 0 Å². The summed E-state index contributed by atoms with van der Waals surface area (Å²) in [5.74, 6) is 0.884. The van der Waals surface area contributed by atoms with E-state index in [4.69, 9.17) is 4.74 Å². The molecule has 0 bridgehead atoms. The van der Waals surface area contributed by atoms with Crippen LogP contribution in [-0.4, -0.2) is 28.4 Å². The average Bonchev–Trinajstić information content (AvgIpc) is 2.88. The van der Waals surface area contributed by atoms with Gasteiger partial charge in [-0.05, 0) is 12.0 Å². The summed E-state index contributed by atoms with van der Waals surface area (Å²) in [5.41, 5.74) is -0.194. The second-order valence-electron chi connectivity index (χ2n) is 5.04. The SMILES string of the molecule is CCCn1ccnc1CC(O)(COC)c1ccccc1. The van der Waals surface area contributed by atoms with Gasteiger partial charge in [0.2, 0.25) is 0 Å². The van der Waals surface area contributed by atoms with Gasteiger partial charge in [0.25, 0.3) is 0 Å². The largest absolute Gasteiger partial charge is 0.382 e. The van der Waals surface area contributed by atoms with E-state index in [2.05, 4.69) is 16.5 Å². The minimum atomic E-state index is -1.05. The fraction of sp³-hybridized carbons (Fsp3) is 0.438.